The first-order valence-corrected chi connectivity index (χ1v) is 10.5. The van der Waals surface area contributed by atoms with Gasteiger partial charge in [0.15, 0.2) is 15.5 Å². The van der Waals surface area contributed by atoms with Crippen LogP contribution in [0.4, 0.5) is 13.2 Å². The maximum Gasteiger partial charge on any atom is 0.435 e. The van der Waals surface area contributed by atoms with Gasteiger partial charge in [0.2, 0.25) is 0 Å². The predicted octanol–water partition coefficient (Wildman–Crippen LogP) is 4.07. The molecule has 0 aliphatic carbocycles. The second-order valence-electron chi connectivity index (χ2n) is 6.85. The van der Waals surface area contributed by atoms with Crippen LogP contribution in [0.5, 0.6) is 0 Å². The second kappa shape index (κ2) is 7.31. The fraction of sp³-hybridized carbons (Fsp3) is 0.250. The fourth-order valence-electron chi connectivity index (χ4n) is 3.01. The number of hydrogen-bond acceptors (Lipinski definition) is 4. The number of alkyl halides is 3. The van der Waals surface area contributed by atoms with E-state index in [-0.39, 0.29) is 21.8 Å². The molecule has 0 saturated carbocycles. The quantitative estimate of drug-likeness (QED) is 0.685. The molecule has 0 radical (unpaired) electrons. The number of benzene rings is 2. The van der Waals surface area contributed by atoms with Crippen LogP contribution >= 0.6 is 0 Å². The van der Waals surface area contributed by atoms with E-state index < -0.39 is 28.3 Å². The van der Waals surface area contributed by atoms with Crippen LogP contribution in [0.2, 0.25) is 0 Å². The molecule has 2 aromatic carbocycles. The second-order valence-corrected chi connectivity index (χ2v) is 8.83. The Kier molecular flexibility index (Phi) is 5.31. The molecule has 29 heavy (non-hydrogen) atoms. The molecule has 0 unspecified atom stereocenters. The van der Waals surface area contributed by atoms with Crippen molar-refractivity contribution in [3.63, 3.8) is 0 Å². The molecule has 0 aliphatic heterocycles. The minimum Gasteiger partial charge on any atom is -0.392 e. The molecule has 3 aromatic rings. The molecule has 1 N–H and O–H groups in total. The molecule has 5 nitrogen and oxygen atoms in total. The van der Waals surface area contributed by atoms with Gasteiger partial charge in [-0.1, -0.05) is 12.1 Å². The van der Waals surface area contributed by atoms with Crippen molar-refractivity contribution in [2.24, 2.45) is 0 Å². The Morgan fingerprint density at radius 3 is 2.28 bits per heavy atom. The largest absolute Gasteiger partial charge is 0.435 e. The third kappa shape index (κ3) is 4.20. The lowest BCUT2D eigenvalue weighted by molar-refractivity contribution is -0.141. The molecular weight excluding hydrogens is 405 g/mol. The summed E-state index contributed by atoms with van der Waals surface area (Å²) >= 11 is 0. The van der Waals surface area contributed by atoms with E-state index in [4.69, 9.17) is 0 Å². The number of aryl methyl sites for hydroxylation is 2. The Morgan fingerprint density at radius 1 is 1.03 bits per heavy atom. The summed E-state index contributed by atoms with van der Waals surface area (Å²) in [4.78, 5) is -0.0836. The standard InChI is InChI=1S/C20H19F3N2O3S/c1-12-4-5-14(8-13(12)2)17-10-19(20(21,22)23)24-25(17)16-6-7-18(29(3,27)28)15(9-16)11-26/h4-10,26H,11H2,1-3H3. The van der Waals surface area contributed by atoms with Crippen molar-refractivity contribution < 1.29 is 26.7 Å². The smallest absolute Gasteiger partial charge is 0.392 e. The zero-order valence-corrected chi connectivity index (χ0v) is 16.8. The van der Waals surface area contributed by atoms with Crippen LogP contribution in [0.3, 0.4) is 0 Å². The summed E-state index contributed by atoms with van der Waals surface area (Å²) in [6.45, 7) is 3.17. The summed E-state index contributed by atoms with van der Waals surface area (Å²) < 4.78 is 64.8. The molecule has 0 saturated heterocycles. The van der Waals surface area contributed by atoms with E-state index in [2.05, 4.69) is 5.10 Å². The van der Waals surface area contributed by atoms with Gasteiger partial charge in [-0.3, -0.25) is 0 Å². The van der Waals surface area contributed by atoms with Crippen LogP contribution < -0.4 is 0 Å². The molecular formula is C20H19F3N2O3S. The summed E-state index contributed by atoms with van der Waals surface area (Å²) in [6, 6.07) is 10.2. The number of aliphatic hydroxyl groups is 1. The van der Waals surface area contributed by atoms with Crippen molar-refractivity contribution in [1.29, 1.82) is 0 Å². The van der Waals surface area contributed by atoms with Gasteiger partial charge in [-0.25, -0.2) is 13.1 Å². The number of halogens is 3. The third-order valence-corrected chi connectivity index (χ3v) is 5.86. The van der Waals surface area contributed by atoms with E-state index >= 15 is 0 Å². The molecule has 0 amide bonds. The van der Waals surface area contributed by atoms with E-state index in [0.717, 1.165) is 28.1 Å². The highest BCUT2D eigenvalue weighted by atomic mass is 32.2. The van der Waals surface area contributed by atoms with Crippen LogP contribution in [0.15, 0.2) is 47.4 Å². The van der Waals surface area contributed by atoms with Gasteiger partial charge < -0.3 is 5.11 Å². The molecule has 0 spiro atoms. The monoisotopic (exact) mass is 424 g/mol. The fourth-order valence-corrected chi connectivity index (χ4v) is 3.92. The number of hydrogen-bond donors (Lipinski definition) is 1. The molecule has 0 bridgehead atoms. The Hall–Kier alpha value is -2.65. The van der Waals surface area contributed by atoms with Gasteiger partial charge in [0, 0.05) is 11.8 Å². The van der Waals surface area contributed by atoms with Crippen molar-refractivity contribution >= 4 is 9.84 Å². The van der Waals surface area contributed by atoms with Crippen molar-refractivity contribution in [2.75, 3.05) is 6.26 Å². The van der Waals surface area contributed by atoms with E-state index in [1.807, 2.05) is 13.8 Å². The lowest BCUT2D eigenvalue weighted by Gasteiger charge is -2.12. The molecule has 3 rings (SSSR count). The van der Waals surface area contributed by atoms with Gasteiger partial charge in [-0.15, -0.1) is 0 Å². The maximum absolute atomic E-state index is 13.3. The lowest BCUT2D eigenvalue weighted by atomic mass is 10.0. The molecule has 0 fully saturated rings. The first-order chi connectivity index (χ1) is 13.4. The first-order valence-electron chi connectivity index (χ1n) is 8.61. The van der Waals surface area contributed by atoms with Crippen molar-refractivity contribution in [2.45, 2.75) is 31.5 Å². The minimum atomic E-state index is -4.65. The zero-order valence-electron chi connectivity index (χ0n) is 15.9. The Morgan fingerprint density at radius 2 is 1.72 bits per heavy atom. The van der Waals surface area contributed by atoms with Crippen LogP contribution in [-0.2, 0) is 22.6 Å². The molecule has 0 atom stereocenters. The molecule has 0 aliphatic rings. The normalized spacial score (nSPS) is 12.4. The third-order valence-electron chi connectivity index (χ3n) is 4.66. The van der Waals surface area contributed by atoms with Crippen LogP contribution in [0, 0.1) is 13.8 Å². The zero-order chi connectivity index (χ0) is 21.6. The minimum absolute atomic E-state index is 0.0834. The molecule has 1 aromatic heterocycles. The Balaban J connectivity index is 2.26. The Bertz CT molecular complexity index is 1180. The highest BCUT2D eigenvalue weighted by Crippen LogP contribution is 2.34. The molecule has 1 heterocycles. The average molecular weight is 424 g/mol. The summed E-state index contributed by atoms with van der Waals surface area (Å²) in [7, 11) is -3.60. The van der Waals surface area contributed by atoms with Crippen LogP contribution in [-0.4, -0.2) is 29.6 Å². The van der Waals surface area contributed by atoms with Crippen LogP contribution in [0.1, 0.15) is 22.4 Å². The number of aliphatic hydroxyl groups excluding tert-OH is 1. The number of aromatic nitrogens is 2. The van der Waals surface area contributed by atoms with E-state index in [1.165, 1.54) is 18.2 Å². The van der Waals surface area contributed by atoms with Crippen molar-refractivity contribution in [3.8, 4) is 16.9 Å². The average Bonchev–Trinajstić information content (AvgIpc) is 3.08. The van der Waals surface area contributed by atoms with Gasteiger partial charge in [-0.05, 0) is 60.9 Å². The Labute approximate surface area is 166 Å². The summed E-state index contributed by atoms with van der Waals surface area (Å²) in [6.07, 6.45) is -3.65. The van der Waals surface area contributed by atoms with Gasteiger partial charge in [0.05, 0.1) is 22.9 Å². The van der Waals surface area contributed by atoms with Gasteiger partial charge in [0.1, 0.15) is 0 Å². The van der Waals surface area contributed by atoms with E-state index in [0.29, 0.717) is 5.56 Å². The topological polar surface area (TPSA) is 72.2 Å². The number of nitrogens with zero attached hydrogens (tertiary/aromatic N) is 2. The summed E-state index contributed by atoms with van der Waals surface area (Å²) in [5, 5.41) is 13.3. The van der Waals surface area contributed by atoms with E-state index in [9.17, 15) is 26.7 Å². The van der Waals surface area contributed by atoms with Crippen molar-refractivity contribution in [3.05, 3.63) is 64.8 Å². The SMILES string of the molecule is Cc1ccc(-c2cc(C(F)(F)F)nn2-c2ccc(S(C)(=O)=O)c(CO)c2)cc1C. The molecule has 154 valence electrons. The van der Waals surface area contributed by atoms with Gasteiger partial charge in [0.25, 0.3) is 0 Å². The predicted molar refractivity (Wildman–Crippen MR) is 103 cm³/mol. The highest BCUT2D eigenvalue weighted by Gasteiger charge is 2.35. The highest BCUT2D eigenvalue weighted by molar-refractivity contribution is 7.90. The summed E-state index contributed by atoms with van der Waals surface area (Å²) in [5.74, 6) is 0. The van der Waals surface area contributed by atoms with E-state index in [1.54, 1.807) is 18.2 Å². The van der Waals surface area contributed by atoms with Gasteiger partial charge >= 0.3 is 6.18 Å². The number of sulfone groups is 1. The number of rotatable bonds is 4. The first kappa shape index (κ1) is 21.1. The maximum atomic E-state index is 13.3. The lowest BCUT2D eigenvalue weighted by Crippen LogP contribution is -2.09. The van der Waals surface area contributed by atoms with Gasteiger partial charge in [-0.2, -0.15) is 18.3 Å². The van der Waals surface area contributed by atoms with Crippen molar-refractivity contribution in [1.82, 2.24) is 9.78 Å². The summed E-state index contributed by atoms with van der Waals surface area (Å²) in [5.41, 5.74) is 1.88. The van der Waals surface area contributed by atoms with Crippen LogP contribution in [0.25, 0.3) is 16.9 Å². The molecule has 9 heteroatoms.